The van der Waals surface area contributed by atoms with Crippen LogP contribution in [0.5, 0.6) is 11.5 Å². The van der Waals surface area contributed by atoms with Gasteiger partial charge in [-0.05, 0) is 42.7 Å². The molecule has 1 aliphatic rings. The number of methoxy groups -OCH3 is 1. The molecule has 0 saturated heterocycles. The van der Waals surface area contributed by atoms with Gasteiger partial charge in [-0.3, -0.25) is 0 Å². The van der Waals surface area contributed by atoms with E-state index in [-0.39, 0.29) is 12.4 Å². The van der Waals surface area contributed by atoms with Gasteiger partial charge in [0.1, 0.15) is 12.4 Å². The predicted octanol–water partition coefficient (Wildman–Crippen LogP) is 6.25. The maximum absolute atomic E-state index is 13.9. The van der Waals surface area contributed by atoms with E-state index in [0.717, 1.165) is 16.6 Å². The topological polar surface area (TPSA) is 30.5 Å². The Morgan fingerprint density at radius 3 is 2.67 bits per heavy atom. The summed E-state index contributed by atoms with van der Waals surface area (Å²) in [5, 5.41) is 3.98. The summed E-state index contributed by atoms with van der Waals surface area (Å²) in [5.74, 6) is 0.782. The summed E-state index contributed by atoms with van der Waals surface area (Å²) in [4.78, 5) is 0. The molecule has 0 unspecified atom stereocenters. The first-order valence-electron chi connectivity index (χ1n) is 9.24. The highest BCUT2D eigenvalue weighted by molar-refractivity contribution is 9.10. The lowest BCUT2D eigenvalue weighted by molar-refractivity contribution is 0.279. The number of hydrogen-bond acceptors (Lipinski definition) is 3. The van der Waals surface area contributed by atoms with Crippen LogP contribution in [0.1, 0.15) is 43.2 Å². The molecule has 0 radical (unpaired) electrons. The quantitative estimate of drug-likeness (QED) is 0.534. The normalized spacial score (nSPS) is 15.0. The maximum Gasteiger partial charge on any atom is 0.162 e. The second kappa shape index (κ2) is 9.76. The van der Waals surface area contributed by atoms with Crippen LogP contribution in [0.4, 0.5) is 4.39 Å². The Bertz CT molecular complexity index is 761. The fraction of sp³-hybridized carbons (Fsp3) is 0.429. The highest BCUT2D eigenvalue weighted by Crippen LogP contribution is 2.35. The van der Waals surface area contributed by atoms with Gasteiger partial charge in [-0.2, -0.15) is 0 Å². The molecule has 1 fully saturated rings. The van der Waals surface area contributed by atoms with Gasteiger partial charge >= 0.3 is 0 Å². The molecule has 0 atom stereocenters. The van der Waals surface area contributed by atoms with Crippen molar-refractivity contribution in [2.24, 2.45) is 0 Å². The van der Waals surface area contributed by atoms with Crippen LogP contribution in [0, 0.1) is 5.82 Å². The lowest BCUT2D eigenvalue weighted by Gasteiger charge is -2.23. The minimum atomic E-state index is -0.381. The van der Waals surface area contributed by atoms with Gasteiger partial charge in [0, 0.05) is 22.6 Å². The molecule has 3 nitrogen and oxygen atoms in total. The molecule has 1 aliphatic carbocycles. The molecule has 27 heavy (non-hydrogen) atoms. The Balaban J connectivity index is 1.69. The molecule has 0 spiro atoms. The number of benzene rings is 2. The summed E-state index contributed by atoms with van der Waals surface area (Å²) in [6.07, 6.45) is 6.41. The molecular weight excluding hydrogens is 433 g/mol. The molecule has 0 aliphatic heterocycles. The molecule has 2 aromatic rings. The minimum Gasteiger partial charge on any atom is -0.493 e. The van der Waals surface area contributed by atoms with E-state index < -0.39 is 0 Å². The largest absolute Gasteiger partial charge is 0.493 e. The van der Waals surface area contributed by atoms with Crippen molar-refractivity contribution < 1.29 is 13.9 Å². The van der Waals surface area contributed by atoms with Crippen LogP contribution in [0.3, 0.4) is 0 Å². The fourth-order valence-corrected chi connectivity index (χ4v) is 4.05. The lowest BCUT2D eigenvalue weighted by atomic mass is 9.95. The Labute approximate surface area is 173 Å². The number of ether oxygens (including phenoxy) is 2. The zero-order chi connectivity index (χ0) is 19.2. The van der Waals surface area contributed by atoms with Crippen LogP contribution in [-0.4, -0.2) is 13.2 Å². The molecule has 2 aromatic carbocycles. The van der Waals surface area contributed by atoms with Crippen LogP contribution in [-0.2, 0) is 13.2 Å². The molecule has 1 saturated carbocycles. The number of nitrogens with one attached hydrogen (secondary N) is 1. The molecule has 1 N–H and O–H groups in total. The van der Waals surface area contributed by atoms with Crippen LogP contribution < -0.4 is 14.8 Å². The first kappa shape index (κ1) is 20.4. The van der Waals surface area contributed by atoms with Crippen LogP contribution in [0.2, 0.25) is 5.02 Å². The van der Waals surface area contributed by atoms with E-state index in [2.05, 4.69) is 21.2 Å². The van der Waals surface area contributed by atoms with Crippen molar-refractivity contribution in [1.82, 2.24) is 5.32 Å². The average molecular weight is 457 g/mol. The summed E-state index contributed by atoms with van der Waals surface area (Å²) >= 11 is 9.69. The molecule has 146 valence electrons. The Hall–Kier alpha value is -1.30. The standard InChI is InChI=1S/C21H24BrClFNO2/c1-26-20-10-14(12-25-15-6-3-2-4-7-15)17(22)11-21(20)27-13-16-18(23)8-5-9-19(16)24/h5,8-11,15,25H,2-4,6-7,12-13H2,1H3. The summed E-state index contributed by atoms with van der Waals surface area (Å²) in [6, 6.07) is 9.00. The smallest absolute Gasteiger partial charge is 0.162 e. The van der Waals surface area contributed by atoms with Crippen molar-refractivity contribution in [3.8, 4) is 11.5 Å². The minimum absolute atomic E-state index is 0.0357. The zero-order valence-corrected chi connectivity index (χ0v) is 17.7. The molecule has 0 heterocycles. The van der Waals surface area contributed by atoms with Crippen molar-refractivity contribution in [3.05, 3.63) is 56.8 Å². The third-order valence-corrected chi connectivity index (χ3v) is 6.05. The van der Waals surface area contributed by atoms with E-state index in [1.807, 2.05) is 12.1 Å². The Kier molecular flexibility index (Phi) is 7.39. The van der Waals surface area contributed by atoms with Crippen LogP contribution in [0.15, 0.2) is 34.8 Å². The van der Waals surface area contributed by atoms with Crippen molar-refractivity contribution in [2.75, 3.05) is 7.11 Å². The second-order valence-electron chi connectivity index (χ2n) is 6.80. The van der Waals surface area contributed by atoms with E-state index in [9.17, 15) is 4.39 Å². The molecule has 0 amide bonds. The van der Waals surface area contributed by atoms with Gasteiger partial charge in [0.15, 0.2) is 11.5 Å². The predicted molar refractivity (Wildman–Crippen MR) is 110 cm³/mol. The summed E-state index contributed by atoms with van der Waals surface area (Å²) in [7, 11) is 1.60. The highest BCUT2D eigenvalue weighted by Gasteiger charge is 2.16. The molecule has 6 heteroatoms. The first-order valence-corrected chi connectivity index (χ1v) is 10.4. The van der Waals surface area contributed by atoms with Gasteiger partial charge in [0.2, 0.25) is 0 Å². The fourth-order valence-electron chi connectivity index (χ4n) is 3.37. The van der Waals surface area contributed by atoms with E-state index >= 15 is 0 Å². The maximum atomic E-state index is 13.9. The van der Waals surface area contributed by atoms with Gasteiger partial charge < -0.3 is 14.8 Å². The Morgan fingerprint density at radius 2 is 1.96 bits per heavy atom. The SMILES string of the molecule is COc1cc(CNC2CCCCC2)c(Br)cc1OCc1c(F)cccc1Cl. The summed E-state index contributed by atoms with van der Waals surface area (Å²) < 4.78 is 26.2. The van der Waals surface area contributed by atoms with Crippen molar-refractivity contribution in [2.45, 2.75) is 51.3 Å². The van der Waals surface area contributed by atoms with Crippen LogP contribution >= 0.6 is 27.5 Å². The van der Waals surface area contributed by atoms with Gasteiger partial charge in [-0.1, -0.05) is 52.9 Å². The van der Waals surface area contributed by atoms with Gasteiger partial charge in [-0.25, -0.2) is 4.39 Å². The van der Waals surface area contributed by atoms with Crippen molar-refractivity contribution in [3.63, 3.8) is 0 Å². The molecular formula is C21H24BrClFNO2. The average Bonchev–Trinajstić information content (AvgIpc) is 2.67. The summed E-state index contributed by atoms with van der Waals surface area (Å²) in [5.41, 5.74) is 1.44. The van der Waals surface area contributed by atoms with Gasteiger partial charge in [-0.15, -0.1) is 0 Å². The number of halogens is 3. The molecule has 0 aromatic heterocycles. The monoisotopic (exact) mass is 455 g/mol. The first-order chi connectivity index (χ1) is 13.1. The molecule has 3 rings (SSSR count). The molecule has 0 bridgehead atoms. The van der Waals surface area contributed by atoms with Gasteiger partial charge in [0.25, 0.3) is 0 Å². The summed E-state index contributed by atoms with van der Waals surface area (Å²) in [6.45, 7) is 0.801. The highest BCUT2D eigenvalue weighted by atomic mass is 79.9. The number of rotatable bonds is 7. The third-order valence-electron chi connectivity index (χ3n) is 4.95. The van der Waals surface area contributed by atoms with E-state index in [4.69, 9.17) is 21.1 Å². The van der Waals surface area contributed by atoms with Crippen LogP contribution in [0.25, 0.3) is 0 Å². The third kappa shape index (κ3) is 5.37. The Morgan fingerprint density at radius 1 is 1.19 bits per heavy atom. The van der Waals surface area contributed by atoms with Crippen molar-refractivity contribution in [1.29, 1.82) is 0 Å². The van der Waals surface area contributed by atoms with E-state index in [0.29, 0.717) is 28.1 Å². The second-order valence-corrected chi connectivity index (χ2v) is 8.06. The van der Waals surface area contributed by atoms with E-state index in [1.165, 1.54) is 38.2 Å². The van der Waals surface area contributed by atoms with Crippen molar-refractivity contribution >= 4 is 27.5 Å². The van der Waals surface area contributed by atoms with E-state index in [1.54, 1.807) is 19.2 Å². The number of hydrogen-bond donors (Lipinski definition) is 1. The van der Waals surface area contributed by atoms with Gasteiger partial charge in [0.05, 0.1) is 12.1 Å². The zero-order valence-electron chi connectivity index (χ0n) is 15.4. The lowest BCUT2D eigenvalue weighted by Crippen LogP contribution is -2.30.